The number of likely N-dealkylation sites (tertiary alicyclic amines) is 2. The lowest BCUT2D eigenvalue weighted by molar-refractivity contribution is 0.0103. The molecule has 0 aliphatic carbocycles. The first-order valence-electron chi connectivity index (χ1n) is 11.2. The number of carbonyl (C=O) groups is 2. The molecule has 2 N–H and O–H groups in total. The smallest absolute Gasteiger partial charge is 0.272 e. The van der Waals surface area contributed by atoms with Gasteiger partial charge in [0.1, 0.15) is 5.69 Å². The van der Waals surface area contributed by atoms with Crippen molar-refractivity contribution in [3.8, 4) is 0 Å². The van der Waals surface area contributed by atoms with Gasteiger partial charge < -0.3 is 20.4 Å². The van der Waals surface area contributed by atoms with E-state index in [2.05, 4.69) is 34.4 Å². The van der Waals surface area contributed by atoms with Crippen molar-refractivity contribution in [1.29, 1.82) is 0 Å². The van der Waals surface area contributed by atoms with Crippen molar-refractivity contribution >= 4 is 29.0 Å². The molecule has 0 bridgehead atoms. The van der Waals surface area contributed by atoms with Crippen LogP contribution in [0.4, 0.5) is 17.2 Å². The summed E-state index contributed by atoms with van der Waals surface area (Å²) in [5.41, 5.74) is 3.65. The minimum atomic E-state index is -0.167. The standard InChI is InChI=1S/C24H29N5O2/c1-3-10-28-11-9-24(13-28)14-29(15-24)23(31)20-8-7-19-21(26-20)25-18-6-5-16(4-2)12-17(18)22(30)27-19/h5-8,12H,3-4,9-11,13-15H2,1-2H3,(H,25,26)(H,27,30). The van der Waals surface area contributed by atoms with E-state index in [0.717, 1.165) is 44.7 Å². The van der Waals surface area contributed by atoms with Crippen LogP contribution in [0.2, 0.25) is 0 Å². The normalized spacial score (nSPS) is 19.2. The van der Waals surface area contributed by atoms with Crippen LogP contribution in [-0.4, -0.2) is 59.3 Å². The van der Waals surface area contributed by atoms with Gasteiger partial charge in [-0.05, 0) is 62.2 Å². The first-order valence-corrected chi connectivity index (χ1v) is 11.2. The third kappa shape index (κ3) is 3.57. The van der Waals surface area contributed by atoms with Crippen LogP contribution in [0.3, 0.4) is 0 Å². The Balaban J connectivity index is 1.33. The molecule has 3 aliphatic heterocycles. The van der Waals surface area contributed by atoms with Gasteiger partial charge in [0.25, 0.3) is 11.8 Å². The maximum Gasteiger partial charge on any atom is 0.272 e. The van der Waals surface area contributed by atoms with Crippen molar-refractivity contribution in [2.24, 2.45) is 5.41 Å². The molecule has 0 atom stereocenters. The maximum absolute atomic E-state index is 13.1. The number of fused-ring (bicyclic) bond motifs is 2. The zero-order valence-electron chi connectivity index (χ0n) is 18.2. The van der Waals surface area contributed by atoms with Gasteiger partial charge in [0.2, 0.25) is 0 Å². The van der Waals surface area contributed by atoms with Crippen LogP contribution in [-0.2, 0) is 6.42 Å². The third-order valence-electron chi connectivity index (χ3n) is 6.75. The van der Waals surface area contributed by atoms with Gasteiger partial charge >= 0.3 is 0 Å². The Morgan fingerprint density at radius 1 is 1.10 bits per heavy atom. The molecular weight excluding hydrogens is 390 g/mol. The van der Waals surface area contributed by atoms with E-state index in [0.29, 0.717) is 28.5 Å². The highest BCUT2D eigenvalue weighted by Crippen LogP contribution is 2.40. The van der Waals surface area contributed by atoms with Gasteiger partial charge in [0, 0.05) is 25.0 Å². The molecule has 2 amide bonds. The van der Waals surface area contributed by atoms with Crippen molar-refractivity contribution in [3.05, 3.63) is 47.2 Å². The number of nitrogens with one attached hydrogen (secondary N) is 2. The second-order valence-corrected chi connectivity index (χ2v) is 9.09. The van der Waals surface area contributed by atoms with Crippen molar-refractivity contribution in [3.63, 3.8) is 0 Å². The molecule has 0 unspecified atom stereocenters. The molecule has 7 nitrogen and oxygen atoms in total. The van der Waals surface area contributed by atoms with E-state index in [1.54, 1.807) is 12.1 Å². The molecule has 3 aliphatic rings. The summed E-state index contributed by atoms with van der Waals surface area (Å²) in [7, 11) is 0. The lowest BCUT2D eigenvalue weighted by atomic mass is 9.79. The van der Waals surface area contributed by atoms with E-state index >= 15 is 0 Å². The summed E-state index contributed by atoms with van der Waals surface area (Å²) >= 11 is 0. The summed E-state index contributed by atoms with van der Waals surface area (Å²) in [6.45, 7) is 9.24. The Morgan fingerprint density at radius 3 is 2.68 bits per heavy atom. The van der Waals surface area contributed by atoms with Crippen LogP contribution in [0.25, 0.3) is 0 Å². The van der Waals surface area contributed by atoms with Crippen LogP contribution in [0.5, 0.6) is 0 Å². The molecule has 1 spiro atoms. The zero-order chi connectivity index (χ0) is 21.6. The number of nitrogens with zero attached hydrogens (tertiary/aromatic N) is 3. The average Bonchev–Trinajstić information content (AvgIpc) is 3.12. The minimum absolute atomic E-state index is 0.0405. The summed E-state index contributed by atoms with van der Waals surface area (Å²) in [5, 5.41) is 6.17. The van der Waals surface area contributed by atoms with E-state index in [1.165, 1.54) is 12.8 Å². The molecule has 1 aromatic heterocycles. The number of pyridine rings is 1. The topological polar surface area (TPSA) is 77.6 Å². The van der Waals surface area contributed by atoms with Gasteiger partial charge in [0.05, 0.1) is 16.9 Å². The summed E-state index contributed by atoms with van der Waals surface area (Å²) in [6.07, 6.45) is 3.20. The molecule has 0 saturated carbocycles. The number of benzene rings is 1. The lowest BCUT2D eigenvalue weighted by Crippen LogP contribution is -2.59. The molecular formula is C24H29N5O2. The molecule has 2 aromatic rings. The van der Waals surface area contributed by atoms with E-state index in [-0.39, 0.29) is 17.2 Å². The summed E-state index contributed by atoms with van der Waals surface area (Å²) in [6, 6.07) is 9.28. The Morgan fingerprint density at radius 2 is 1.90 bits per heavy atom. The van der Waals surface area contributed by atoms with Crippen LogP contribution in [0.15, 0.2) is 30.3 Å². The van der Waals surface area contributed by atoms with Crippen LogP contribution >= 0.6 is 0 Å². The molecule has 1 aromatic carbocycles. The van der Waals surface area contributed by atoms with Gasteiger partial charge in [-0.25, -0.2) is 4.98 Å². The monoisotopic (exact) mass is 419 g/mol. The number of amides is 2. The Hall–Kier alpha value is -2.93. The molecule has 162 valence electrons. The quantitative estimate of drug-likeness (QED) is 0.793. The van der Waals surface area contributed by atoms with Crippen molar-refractivity contribution in [1.82, 2.24) is 14.8 Å². The molecule has 5 rings (SSSR count). The third-order valence-corrected chi connectivity index (χ3v) is 6.75. The van der Waals surface area contributed by atoms with Gasteiger partial charge in [0.15, 0.2) is 5.82 Å². The predicted molar refractivity (Wildman–Crippen MR) is 121 cm³/mol. The maximum atomic E-state index is 13.1. The predicted octanol–water partition coefficient (Wildman–Crippen LogP) is 3.51. The van der Waals surface area contributed by atoms with Crippen LogP contribution in [0, 0.1) is 5.41 Å². The molecule has 31 heavy (non-hydrogen) atoms. The zero-order valence-corrected chi connectivity index (χ0v) is 18.2. The first-order chi connectivity index (χ1) is 15.0. The van der Waals surface area contributed by atoms with E-state index in [9.17, 15) is 9.59 Å². The highest BCUT2D eigenvalue weighted by molar-refractivity contribution is 6.12. The number of rotatable bonds is 4. The number of anilines is 3. The summed E-state index contributed by atoms with van der Waals surface area (Å²) in [5.74, 6) is 0.300. The minimum Gasteiger partial charge on any atom is -0.338 e. The van der Waals surface area contributed by atoms with E-state index in [1.807, 2.05) is 23.1 Å². The second kappa shape index (κ2) is 7.64. The fourth-order valence-corrected chi connectivity index (χ4v) is 5.06. The molecule has 2 fully saturated rings. The fourth-order valence-electron chi connectivity index (χ4n) is 5.06. The highest BCUT2D eigenvalue weighted by atomic mass is 16.2. The number of aromatic nitrogens is 1. The van der Waals surface area contributed by atoms with Gasteiger partial charge in [-0.3, -0.25) is 9.59 Å². The van der Waals surface area contributed by atoms with Crippen molar-refractivity contribution in [2.75, 3.05) is 43.4 Å². The Kier molecular flexibility index (Phi) is 4.93. The first kappa shape index (κ1) is 20.0. The van der Waals surface area contributed by atoms with Crippen molar-refractivity contribution in [2.45, 2.75) is 33.1 Å². The van der Waals surface area contributed by atoms with Crippen LogP contribution in [0.1, 0.15) is 53.1 Å². The average molecular weight is 420 g/mol. The van der Waals surface area contributed by atoms with Gasteiger partial charge in [-0.2, -0.15) is 0 Å². The van der Waals surface area contributed by atoms with Crippen molar-refractivity contribution < 1.29 is 9.59 Å². The van der Waals surface area contributed by atoms with E-state index in [4.69, 9.17) is 0 Å². The Bertz CT molecular complexity index is 1040. The SMILES string of the molecule is CCCN1CCC2(C1)CN(C(=O)c1ccc3c(n1)Nc1ccc(CC)cc1C(=O)N3)C2. The Labute approximate surface area is 182 Å². The second-order valence-electron chi connectivity index (χ2n) is 9.09. The molecule has 7 heteroatoms. The number of aryl methyl sites for hydroxylation is 1. The van der Waals surface area contributed by atoms with Gasteiger partial charge in [-0.1, -0.05) is 19.9 Å². The number of hydrogen-bond acceptors (Lipinski definition) is 5. The molecule has 2 saturated heterocycles. The molecule has 0 radical (unpaired) electrons. The van der Waals surface area contributed by atoms with Crippen LogP contribution < -0.4 is 10.6 Å². The molecule has 4 heterocycles. The van der Waals surface area contributed by atoms with E-state index < -0.39 is 0 Å². The number of hydrogen-bond donors (Lipinski definition) is 2. The lowest BCUT2D eigenvalue weighted by Gasteiger charge is -2.48. The number of carbonyl (C=O) groups excluding carboxylic acids is 2. The highest BCUT2D eigenvalue weighted by Gasteiger charge is 2.49. The van der Waals surface area contributed by atoms with Gasteiger partial charge in [-0.15, -0.1) is 0 Å². The summed E-state index contributed by atoms with van der Waals surface area (Å²) in [4.78, 5) is 34.7. The summed E-state index contributed by atoms with van der Waals surface area (Å²) < 4.78 is 0. The largest absolute Gasteiger partial charge is 0.338 e. The fraction of sp³-hybridized carbons (Fsp3) is 0.458.